The van der Waals surface area contributed by atoms with Gasteiger partial charge in [0.1, 0.15) is 17.9 Å². The van der Waals surface area contributed by atoms with E-state index in [2.05, 4.69) is 10.1 Å². The summed E-state index contributed by atoms with van der Waals surface area (Å²) in [6.07, 6.45) is 0. The van der Waals surface area contributed by atoms with E-state index >= 15 is 0 Å². The maximum absolute atomic E-state index is 11.6. The van der Waals surface area contributed by atoms with E-state index in [1.54, 1.807) is 18.2 Å². The number of hydrogen-bond acceptors (Lipinski definition) is 5. The monoisotopic (exact) mass is 278 g/mol. The molecular weight excluding hydrogens is 264 g/mol. The van der Waals surface area contributed by atoms with Gasteiger partial charge in [-0.2, -0.15) is 0 Å². The van der Waals surface area contributed by atoms with Gasteiger partial charge in [-0.3, -0.25) is 10.1 Å². The Balaban J connectivity index is 2.23. The summed E-state index contributed by atoms with van der Waals surface area (Å²) in [7, 11) is 2.73. The van der Waals surface area contributed by atoms with Gasteiger partial charge in [-0.15, -0.1) is 0 Å². The molecular formula is C13H14N2O5. The number of benzene rings is 1. The Morgan fingerprint density at radius 3 is 2.65 bits per heavy atom. The minimum Gasteiger partial charge on any atom is -0.496 e. The number of nitrogens with one attached hydrogen (secondary N) is 1. The Bertz CT molecular complexity index is 570. The summed E-state index contributed by atoms with van der Waals surface area (Å²) in [6, 6.07) is 4.49. The molecule has 2 rings (SSSR count). The van der Waals surface area contributed by atoms with Crippen LogP contribution in [0, 0.1) is 0 Å². The van der Waals surface area contributed by atoms with Crippen LogP contribution in [0.25, 0.3) is 0 Å². The molecule has 1 saturated heterocycles. The minimum absolute atomic E-state index is 0.0123. The van der Waals surface area contributed by atoms with Crippen LogP contribution in [0.5, 0.6) is 5.75 Å². The second-order valence-electron chi connectivity index (χ2n) is 4.24. The van der Waals surface area contributed by atoms with Crippen LogP contribution in [0.3, 0.4) is 0 Å². The molecule has 1 N–H and O–H groups in total. The quantitative estimate of drug-likeness (QED) is 0.641. The molecule has 1 aliphatic rings. The van der Waals surface area contributed by atoms with Gasteiger partial charge >= 0.3 is 12.0 Å². The number of ether oxygens (including phenoxy) is 2. The molecule has 0 bridgehead atoms. The molecule has 106 valence electrons. The van der Waals surface area contributed by atoms with Crippen molar-refractivity contribution in [3.63, 3.8) is 0 Å². The van der Waals surface area contributed by atoms with Crippen LogP contribution in [-0.4, -0.2) is 43.6 Å². The summed E-state index contributed by atoms with van der Waals surface area (Å²) >= 11 is 0. The maximum atomic E-state index is 11.6. The van der Waals surface area contributed by atoms with E-state index in [0.29, 0.717) is 11.3 Å². The molecule has 0 aromatic heterocycles. The van der Waals surface area contributed by atoms with E-state index in [1.807, 2.05) is 0 Å². The van der Waals surface area contributed by atoms with E-state index in [-0.39, 0.29) is 24.6 Å². The molecule has 20 heavy (non-hydrogen) atoms. The van der Waals surface area contributed by atoms with Crippen LogP contribution < -0.4 is 10.1 Å². The lowest BCUT2D eigenvalue weighted by atomic mass is 10.1. The second kappa shape index (κ2) is 5.60. The van der Waals surface area contributed by atoms with E-state index in [4.69, 9.17) is 4.74 Å². The molecule has 0 aliphatic carbocycles. The predicted octanol–water partition coefficient (Wildman–Crippen LogP) is 0.534. The number of methoxy groups -OCH3 is 2. The van der Waals surface area contributed by atoms with Crippen LogP contribution in [0.15, 0.2) is 18.2 Å². The van der Waals surface area contributed by atoms with Gasteiger partial charge in [-0.1, -0.05) is 6.07 Å². The number of imide groups is 1. The third-order valence-corrected chi connectivity index (χ3v) is 2.91. The zero-order valence-electron chi connectivity index (χ0n) is 11.1. The summed E-state index contributed by atoms with van der Waals surface area (Å²) in [5.41, 5.74) is 0.981. The normalized spacial score (nSPS) is 14.2. The van der Waals surface area contributed by atoms with E-state index < -0.39 is 12.0 Å². The van der Waals surface area contributed by atoms with Gasteiger partial charge in [0, 0.05) is 6.54 Å². The first-order valence-corrected chi connectivity index (χ1v) is 5.89. The SMILES string of the molecule is COC(=O)c1cc(CN2CC(=O)NC2=O)ccc1OC. The van der Waals surface area contributed by atoms with Crippen LogP contribution in [-0.2, 0) is 16.1 Å². The van der Waals surface area contributed by atoms with Crippen molar-refractivity contribution in [2.75, 3.05) is 20.8 Å². The lowest BCUT2D eigenvalue weighted by Crippen LogP contribution is -2.27. The van der Waals surface area contributed by atoms with Crippen LogP contribution in [0.1, 0.15) is 15.9 Å². The molecule has 1 aromatic carbocycles. The van der Waals surface area contributed by atoms with Gasteiger partial charge in [0.25, 0.3) is 0 Å². The third kappa shape index (κ3) is 2.71. The second-order valence-corrected chi connectivity index (χ2v) is 4.24. The largest absolute Gasteiger partial charge is 0.496 e. The molecule has 7 nitrogen and oxygen atoms in total. The highest BCUT2D eigenvalue weighted by Crippen LogP contribution is 2.22. The number of carbonyl (C=O) groups is 3. The van der Waals surface area contributed by atoms with Gasteiger partial charge in [-0.05, 0) is 17.7 Å². The zero-order chi connectivity index (χ0) is 14.7. The van der Waals surface area contributed by atoms with Crippen molar-refractivity contribution in [2.24, 2.45) is 0 Å². The highest BCUT2D eigenvalue weighted by molar-refractivity contribution is 6.01. The number of amides is 3. The van der Waals surface area contributed by atoms with E-state index in [1.165, 1.54) is 19.1 Å². The summed E-state index contributed by atoms with van der Waals surface area (Å²) in [5.74, 6) is -0.468. The summed E-state index contributed by atoms with van der Waals surface area (Å²) in [5, 5.41) is 2.19. The van der Waals surface area contributed by atoms with Gasteiger partial charge in [0.2, 0.25) is 5.91 Å². The molecule has 3 amide bonds. The maximum Gasteiger partial charge on any atom is 0.341 e. The number of esters is 1. The molecule has 1 aromatic rings. The molecule has 1 fully saturated rings. The molecule has 0 saturated carbocycles. The molecule has 0 spiro atoms. The van der Waals surface area contributed by atoms with Crippen molar-refractivity contribution in [3.05, 3.63) is 29.3 Å². The van der Waals surface area contributed by atoms with Crippen LogP contribution >= 0.6 is 0 Å². The van der Waals surface area contributed by atoms with Crippen molar-refractivity contribution < 1.29 is 23.9 Å². The Morgan fingerprint density at radius 2 is 2.10 bits per heavy atom. The summed E-state index contributed by atoms with van der Waals surface area (Å²) in [6.45, 7) is 0.240. The van der Waals surface area contributed by atoms with E-state index in [9.17, 15) is 14.4 Å². The van der Waals surface area contributed by atoms with Gasteiger partial charge in [-0.25, -0.2) is 9.59 Å². The molecule has 1 aliphatic heterocycles. The van der Waals surface area contributed by atoms with E-state index in [0.717, 1.165) is 0 Å². The lowest BCUT2D eigenvalue weighted by molar-refractivity contribution is -0.118. The molecule has 0 unspecified atom stereocenters. The van der Waals surface area contributed by atoms with Crippen LogP contribution in [0.4, 0.5) is 4.79 Å². The predicted molar refractivity (Wildman–Crippen MR) is 68.3 cm³/mol. The first-order valence-electron chi connectivity index (χ1n) is 5.89. The van der Waals surface area contributed by atoms with Crippen molar-refractivity contribution in [1.82, 2.24) is 10.2 Å². The van der Waals surface area contributed by atoms with Crippen molar-refractivity contribution in [3.8, 4) is 5.75 Å². The van der Waals surface area contributed by atoms with Gasteiger partial charge in [0.15, 0.2) is 0 Å². The number of hydrogen-bond donors (Lipinski definition) is 1. The molecule has 0 atom stereocenters. The fraction of sp³-hybridized carbons (Fsp3) is 0.308. The Hall–Kier alpha value is -2.57. The number of nitrogens with zero attached hydrogens (tertiary/aromatic N) is 1. The fourth-order valence-corrected chi connectivity index (χ4v) is 1.95. The highest BCUT2D eigenvalue weighted by atomic mass is 16.5. The third-order valence-electron chi connectivity index (χ3n) is 2.91. The Kier molecular flexibility index (Phi) is 3.88. The standard InChI is InChI=1S/C13H14N2O5/c1-19-10-4-3-8(5-9(10)12(17)20-2)6-15-7-11(16)14-13(15)18/h3-5H,6-7H2,1-2H3,(H,14,16,18). The molecule has 0 radical (unpaired) electrons. The number of rotatable bonds is 4. The number of urea groups is 1. The van der Waals surface area contributed by atoms with Gasteiger partial charge < -0.3 is 14.4 Å². The fourth-order valence-electron chi connectivity index (χ4n) is 1.95. The topological polar surface area (TPSA) is 84.9 Å². The van der Waals surface area contributed by atoms with Gasteiger partial charge in [0.05, 0.1) is 14.2 Å². The zero-order valence-corrected chi connectivity index (χ0v) is 11.1. The highest BCUT2D eigenvalue weighted by Gasteiger charge is 2.26. The first kappa shape index (κ1) is 13.9. The average Bonchev–Trinajstić information content (AvgIpc) is 2.76. The summed E-state index contributed by atoms with van der Waals surface area (Å²) in [4.78, 5) is 35.6. The van der Waals surface area contributed by atoms with Crippen molar-refractivity contribution in [2.45, 2.75) is 6.54 Å². The Morgan fingerprint density at radius 1 is 1.35 bits per heavy atom. The molecule has 7 heteroatoms. The molecule has 1 heterocycles. The lowest BCUT2D eigenvalue weighted by Gasteiger charge is -2.14. The number of carbonyl (C=O) groups excluding carboxylic acids is 3. The van der Waals surface area contributed by atoms with Crippen LogP contribution in [0.2, 0.25) is 0 Å². The van der Waals surface area contributed by atoms with Crippen molar-refractivity contribution in [1.29, 1.82) is 0 Å². The minimum atomic E-state index is -0.523. The van der Waals surface area contributed by atoms with Crippen molar-refractivity contribution >= 4 is 17.9 Å². The smallest absolute Gasteiger partial charge is 0.341 e. The summed E-state index contributed by atoms with van der Waals surface area (Å²) < 4.78 is 9.76. The first-order chi connectivity index (χ1) is 9.55. The Labute approximate surface area is 115 Å². The average molecular weight is 278 g/mol.